The van der Waals surface area contributed by atoms with Gasteiger partial charge in [0.2, 0.25) is 0 Å². The molecule has 2 nitrogen and oxygen atoms in total. The first-order valence-corrected chi connectivity index (χ1v) is 3.64. The molecule has 1 aromatic heterocycles. The molecule has 0 saturated heterocycles. The highest BCUT2D eigenvalue weighted by atomic mass is 35.5. The Hall–Kier alpha value is -0.610. The molecule has 0 radical (unpaired) electrons. The Labute approximate surface area is 76.1 Å². The van der Waals surface area contributed by atoms with Gasteiger partial charge in [-0.15, -0.1) is 0 Å². The van der Waals surface area contributed by atoms with E-state index in [4.69, 9.17) is 23.2 Å². The van der Waals surface area contributed by atoms with Gasteiger partial charge in [-0.2, -0.15) is 0 Å². The lowest BCUT2D eigenvalue weighted by Crippen LogP contribution is -2.13. The van der Waals surface area contributed by atoms with Crippen molar-refractivity contribution in [3.8, 4) is 0 Å². The largest absolute Gasteiger partial charge is 0.312 e. The molecule has 0 aliphatic rings. The summed E-state index contributed by atoms with van der Waals surface area (Å²) in [7, 11) is 0. The number of H-pyrrole nitrogens is 1. The smallest absolute Gasteiger partial charge is 0.270 e. The van der Waals surface area contributed by atoms with Crippen LogP contribution in [0.2, 0.25) is 10.2 Å². The van der Waals surface area contributed by atoms with Gasteiger partial charge >= 0.3 is 0 Å². The van der Waals surface area contributed by atoms with Crippen LogP contribution in [0.25, 0.3) is 0 Å². The Morgan fingerprint density at radius 3 is 2.42 bits per heavy atom. The Kier molecular flexibility index (Phi) is 2.69. The zero-order valence-electron chi connectivity index (χ0n) is 5.57. The van der Waals surface area contributed by atoms with Gasteiger partial charge in [-0.25, -0.2) is 8.78 Å². The van der Waals surface area contributed by atoms with Gasteiger partial charge in [0.1, 0.15) is 10.7 Å². The van der Waals surface area contributed by atoms with E-state index in [1.807, 2.05) is 4.98 Å². The van der Waals surface area contributed by atoms with Crippen LogP contribution in [0.1, 0.15) is 12.0 Å². The summed E-state index contributed by atoms with van der Waals surface area (Å²) in [4.78, 5) is 12.8. The summed E-state index contributed by atoms with van der Waals surface area (Å²) in [5, 5.41) is -0.381. The van der Waals surface area contributed by atoms with E-state index in [-0.39, 0.29) is 10.2 Å². The van der Waals surface area contributed by atoms with Crippen LogP contribution in [0.5, 0.6) is 0 Å². The van der Waals surface area contributed by atoms with Crippen LogP contribution in [-0.4, -0.2) is 4.98 Å². The average Bonchev–Trinajstić information content (AvgIpc) is 1.82. The number of halogens is 4. The second kappa shape index (κ2) is 3.41. The van der Waals surface area contributed by atoms with Crippen LogP contribution >= 0.6 is 23.2 Å². The lowest BCUT2D eigenvalue weighted by atomic mass is 10.3. The molecule has 0 aliphatic heterocycles. The SMILES string of the molecule is O=c1[nH]c(Cl)cc(Cl)c1C(F)F. The molecule has 1 N–H and O–H groups in total. The number of aromatic amines is 1. The molecular formula is C6H3Cl2F2NO. The summed E-state index contributed by atoms with van der Waals surface area (Å²) < 4.78 is 24.1. The minimum absolute atomic E-state index is 0.0607. The molecule has 0 spiro atoms. The molecule has 0 atom stereocenters. The zero-order chi connectivity index (χ0) is 9.30. The van der Waals surface area contributed by atoms with Gasteiger partial charge in [0.05, 0.1) is 5.02 Å². The van der Waals surface area contributed by atoms with Crippen molar-refractivity contribution < 1.29 is 8.78 Å². The molecule has 66 valence electrons. The van der Waals surface area contributed by atoms with Crippen molar-refractivity contribution in [2.24, 2.45) is 0 Å². The fraction of sp³-hybridized carbons (Fsp3) is 0.167. The summed E-state index contributed by atoms with van der Waals surface area (Å²) in [6, 6.07) is 1.06. The maximum Gasteiger partial charge on any atom is 0.270 e. The van der Waals surface area contributed by atoms with Crippen LogP contribution in [0.3, 0.4) is 0 Å². The van der Waals surface area contributed by atoms with E-state index < -0.39 is 17.5 Å². The maximum absolute atomic E-state index is 12.1. The first-order chi connectivity index (χ1) is 5.52. The maximum atomic E-state index is 12.1. The monoisotopic (exact) mass is 213 g/mol. The number of aromatic nitrogens is 1. The molecule has 0 unspecified atom stereocenters. The van der Waals surface area contributed by atoms with Crippen molar-refractivity contribution in [3.05, 3.63) is 32.2 Å². The van der Waals surface area contributed by atoms with Crippen molar-refractivity contribution in [3.63, 3.8) is 0 Å². The van der Waals surface area contributed by atoms with Crippen LogP contribution in [0.15, 0.2) is 10.9 Å². The van der Waals surface area contributed by atoms with Gasteiger partial charge in [0, 0.05) is 0 Å². The summed E-state index contributed by atoms with van der Waals surface area (Å²) in [6.07, 6.45) is -2.89. The van der Waals surface area contributed by atoms with E-state index in [1.54, 1.807) is 0 Å². The third kappa shape index (κ3) is 1.76. The Balaban J connectivity index is 3.39. The third-order valence-electron chi connectivity index (χ3n) is 1.21. The molecule has 1 rings (SSSR count). The highest BCUT2D eigenvalue weighted by Crippen LogP contribution is 2.24. The summed E-state index contributed by atoms with van der Waals surface area (Å²) in [5.41, 5.74) is -1.71. The van der Waals surface area contributed by atoms with E-state index in [0.717, 1.165) is 6.07 Å². The van der Waals surface area contributed by atoms with Gasteiger partial charge in [0.25, 0.3) is 12.0 Å². The zero-order valence-corrected chi connectivity index (χ0v) is 7.09. The molecule has 12 heavy (non-hydrogen) atoms. The normalized spacial score (nSPS) is 10.8. The van der Waals surface area contributed by atoms with Gasteiger partial charge in [-0.3, -0.25) is 4.79 Å². The fourth-order valence-electron chi connectivity index (χ4n) is 0.713. The standard InChI is InChI=1S/C6H3Cl2F2NO/c7-2-1-3(8)11-6(12)4(2)5(9)10/h1,5H,(H,11,12). The first kappa shape index (κ1) is 9.48. The van der Waals surface area contributed by atoms with E-state index in [0.29, 0.717) is 0 Å². The molecule has 0 amide bonds. The lowest BCUT2D eigenvalue weighted by Gasteiger charge is -2.00. The van der Waals surface area contributed by atoms with Crippen LogP contribution in [0.4, 0.5) is 8.78 Å². The van der Waals surface area contributed by atoms with E-state index >= 15 is 0 Å². The van der Waals surface area contributed by atoms with E-state index in [1.165, 1.54) is 0 Å². The van der Waals surface area contributed by atoms with Crippen LogP contribution in [-0.2, 0) is 0 Å². The molecule has 1 aromatic rings. The van der Waals surface area contributed by atoms with Gasteiger partial charge in [-0.05, 0) is 6.07 Å². The number of hydrogen-bond donors (Lipinski definition) is 1. The molecule has 0 fully saturated rings. The molecule has 6 heteroatoms. The highest BCUT2D eigenvalue weighted by Gasteiger charge is 2.16. The van der Waals surface area contributed by atoms with Crippen molar-refractivity contribution in [2.45, 2.75) is 6.43 Å². The third-order valence-corrected chi connectivity index (χ3v) is 1.72. The van der Waals surface area contributed by atoms with E-state index in [9.17, 15) is 13.6 Å². The summed E-state index contributed by atoms with van der Waals surface area (Å²) >= 11 is 10.7. The highest BCUT2D eigenvalue weighted by molar-refractivity contribution is 6.34. The lowest BCUT2D eigenvalue weighted by molar-refractivity contribution is 0.150. The molecule has 0 aromatic carbocycles. The number of pyridine rings is 1. The second-order valence-electron chi connectivity index (χ2n) is 2.01. The predicted molar refractivity (Wildman–Crippen MR) is 42.0 cm³/mol. The second-order valence-corrected chi connectivity index (χ2v) is 2.82. The minimum atomic E-state index is -2.89. The van der Waals surface area contributed by atoms with Crippen molar-refractivity contribution in [2.75, 3.05) is 0 Å². The van der Waals surface area contributed by atoms with Gasteiger partial charge in [-0.1, -0.05) is 23.2 Å². The Bertz CT molecular complexity index is 350. The molecular weight excluding hydrogens is 211 g/mol. The average molecular weight is 214 g/mol. The predicted octanol–water partition coefficient (Wildman–Crippen LogP) is 2.62. The number of alkyl halides is 2. The quantitative estimate of drug-likeness (QED) is 0.716. The Morgan fingerprint density at radius 1 is 1.42 bits per heavy atom. The van der Waals surface area contributed by atoms with E-state index in [2.05, 4.69) is 0 Å². The Morgan fingerprint density at radius 2 is 2.00 bits per heavy atom. The van der Waals surface area contributed by atoms with Crippen LogP contribution < -0.4 is 5.56 Å². The first-order valence-electron chi connectivity index (χ1n) is 2.88. The van der Waals surface area contributed by atoms with Crippen molar-refractivity contribution in [1.29, 1.82) is 0 Å². The van der Waals surface area contributed by atoms with Gasteiger partial charge in [0.15, 0.2) is 0 Å². The molecule has 0 bridgehead atoms. The van der Waals surface area contributed by atoms with Crippen molar-refractivity contribution >= 4 is 23.2 Å². The van der Waals surface area contributed by atoms with Gasteiger partial charge < -0.3 is 4.98 Å². The molecule has 0 saturated carbocycles. The number of hydrogen-bond acceptors (Lipinski definition) is 1. The van der Waals surface area contributed by atoms with Crippen LogP contribution in [0, 0.1) is 0 Å². The minimum Gasteiger partial charge on any atom is -0.312 e. The van der Waals surface area contributed by atoms with Crippen molar-refractivity contribution in [1.82, 2.24) is 4.98 Å². The molecule has 0 aliphatic carbocycles. The number of rotatable bonds is 1. The topological polar surface area (TPSA) is 32.9 Å². The summed E-state index contributed by atoms with van der Waals surface area (Å²) in [5.74, 6) is 0. The number of nitrogens with one attached hydrogen (secondary N) is 1. The summed E-state index contributed by atoms with van der Waals surface area (Å²) in [6.45, 7) is 0. The fourth-order valence-corrected chi connectivity index (χ4v) is 1.24. The molecule has 1 heterocycles.